The van der Waals surface area contributed by atoms with E-state index in [1.54, 1.807) is 0 Å². The smallest absolute Gasteiger partial charge is 0.229 e. The zero-order valence-corrected chi connectivity index (χ0v) is 14.5. The third-order valence-electron chi connectivity index (χ3n) is 4.64. The highest BCUT2D eigenvalue weighted by molar-refractivity contribution is 5.91. The minimum absolute atomic E-state index is 0.0925. The molecule has 5 rings (SSSR count). The lowest BCUT2D eigenvalue weighted by atomic mass is 9.96. The molecule has 2 aromatic heterocycles. The molecule has 4 aromatic rings. The highest BCUT2D eigenvalue weighted by Gasteiger charge is 2.28. The van der Waals surface area contributed by atoms with Gasteiger partial charge in [-0.25, -0.2) is 18.7 Å². The first-order valence-corrected chi connectivity index (χ1v) is 8.60. The Bertz CT molecular complexity index is 1210. The van der Waals surface area contributed by atoms with E-state index in [2.05, 4.69) is 21.4 Å². The summed E-state index contributed by atoms with van der Waals surface area (Å²) in [5.41, 5.74) is 1.41. The Labute approximate surface area is 158 Å². The van der Waals surface area contributed by atoms with Crippen molar-refractivity contribution in [3.8, 4) is 0 Å². The molecule has 28 heavy (non-hydrogen) atoms. The van der Waals surface area contributed by atoms with Crippen molar-refractivity contribution >= 4 is 16.6 Å². The third-order valence-corrected chi connectivity index (χ3v) is 4.64. The van der Waals surface area contributed by atoms with E-state index in [4.69, 9.17) is 9.47 Å². The molecule has 0 bridgehead atoms. The molecule has 139 valence electrons. The van der Waals surface area contributed by atoms with Gasteiger partial charge in [0.1, 0.15) is 29.5 Å². The number of hydrogen-bond acceptors (Lipinski definition) is 5. The summed E-state index contributed by atoms with van der Waals surface area (Å²) in [7, 11) is 0. The Morgan fingerprint density at radius 2 is 2.04 bits per heavy atom. The molecule has 1 unspecified atom stereocenters. The Morgan fingerprint density at radius 1 is 1.18 bits per heavy atom. The molecule has 1 atom stereocenters. The predicted molar refractivity (Wildman–Crippen MR) is 95.0 cm³/mol. The van der Waals surface area contributed by atoms with Gasteiger partial charge in [-0.05, 0) is 12.0 Å². The van der Waals surface area contributed by atoms with Crippen LogP contribution < -0.4 is 0 Å². The normalized spacial score (nSPS) is 14.7. The standard InChI is InChI=1S/C20H13F2N4O2/c21-13-7-15(22)18-16(8-13)25-19(26-20(18)23-10-24-26)14(17-9-27-11-28-17)6-12-4-2-1-3-5-12/h1-5,7-9,14H,6,11H2. The molecule has 1 radical (unpaired) electrons. The first-order chi connectivity index (χ1) is 13.7. The fraction of sp³-hybridized carbons (Fsp3) is 0.150. The number of benzene rings is 2. The molecule has 6 nitrogen and oxygen atoms in total. The van der Waals surface area contributed by atoms with Crippen LogP contribution in [-0.4, -0.2) is 26.4 Å². The molecular weight excluding hydrogens is 366 g/mol. The number of nitrogens with zero attached hydrogens (tertiary/aromatic N) is 4. The van der Waals surface area contributed by atoms with Crippen LogP contribution in [0.15, 0.2) is 54.5 Å². The minimum Gasteiger partial charge on any atom is -0.462 e. The number of ether oxygens (including phenoxy) is 2. The lowest BCUT2D eigenvalue weighted by molar-refractivity contribution is 0.0747. The van der Waals surface area contributed by atoms with Gasteiger partial charge in [-0.2, -0.15) is 4.52 Å². The van der Waals surface area contributed by atoms with Gasteiger partial charge in [0, 0.05) is 12.1 Å². The second kappa shape index (κ2) is 6.56. The van der Waals surface area contributed by atoms with Crippen molar-refractivity contribution in [2.24, 2.45) is 0 Å². The first kappa shape index (κ1) is 16.6. The molecule has 0 amide bonds. The molecule has 1 aliphatic heterocycles. The summed E-state index contributed by atoms with van der Waals surface area (Å²) in [6, 6.07) is 11.7. The fourth-order valence-electron chi connectivity index (χ4n) is 3.40. The van der Waals surface area contributed by atoms with Gasteiger partial charge in [0.05, 0.1) is 16.8 Å². The highest BCUT2D eigenvalue weighted by Crippen LogP contribution is 2.33. The third kappa shape index (κ3) is 2.74. The number of rotatable bonds is 4. The number of fused-ring (bicyclic) bond motifs is 3. The van der Waals surface area contributed by atoms with Crippen molar-refractivity contribution in [2.75, 3.05) is 6.79 Å². The second-order valence-electron chi connectivity index (χ2n) is 6.39. The Kier molecular flexibility index (Phi) is 3.89. The Hall–Kier alpha value is -3.55. The van der Waals surface area contributed by atoms with E-state index < -0.39 is 17.6 Å². The predicted octanol–water partition coefficient (Wildman–Crippen LogP) is 3.53. The van der Waals surface area contributed by atoms with E-state index in [0.717, 1.165) is 11.6 Å². The number of allylic oxidation sites excluding steroid dienone is 1. The van der Waals surface area contributed by atoms with Crippen LogP contribution in [0.4, 0.5) is 8.78 Å². The molecule has 0 spiro atoms. The van der Waals surface area contributed by atoms with E-state index >= 15 is 0 Å². The summed E-state index contributed by atoms with van der Waals surface area (Å²) < 4.78 is 40.5. The maximum absolute atomic E-state index is 14.4. The van der Waals surface area contributed by atoms with Crippen LogP contribution in [0, 0.1) is 18.0 Å². The Morgan fingerprint density at radius 3 is 2.82 bits per heavy atom. The topological polar surface area (TPSA) is 61.5 Å². The second-order valence-corrected chi connectivity index (χ2v) is 6.39. The molecule has 2 aromatic carbocycles. The van der Waals surface area contributed by atoms with Gasteiger partial charge in [-0.1, -0.05) is 30.3 Å². The lowest BCUT2D eigenvalue weighted by Crippen LogP contribution is -2.15. The van der Waals surface area contributed by atoms with Crippen molar-refractivity contribution in [3.63, 3.8) is 0 Å². The molecule has 0 N–H and O–H groups in total. The maximum Gasteiger partial charge on any atom is 0.229 e. The van der Waals surface area contributed by atoms with Crippen LogP contribution in [0.3, 0.4) is 0 Å². The summed E-state index contributed by atoms with van der Waals surface area (Å²) in [6.07, 6.45) is 4.55. The van der Waals surface area contributed by atoms with Crippen molar-refractivity contribution in [1.29, 1.82) is 0 Å². The monoisotopic (exact) mass is 379 g/mol. The summed E-state index contributed by atoms with van der Waals surface area (Å²) in [4.78, 5) is 8.57. The van der Waals surface area contributed by atoms with Crippen LogP contribution >= 0.6 is 0 Å². The van der Waals surface area contributed by atoms with E-state index in [1.165, 1.54) is 16.8 Å². The summed E-state index contributed by atoms with van der Waals surface area (Å²) in [5.74, 6) is -0.861. The number of hydrogen-bond donors (Lipinski definition) is 0. The molecular formula is C20H13F2N4O2. The Balaban J connectivity index is 1.74. The van der Waals surface area contributed by atoms with Gasteiger partial charge in [-0.3, -0.25) is 0 Å². The lowest BCUT2D eigenvalue weighted by Gasteiger charge is -2.18. The average Bonchev–Trinajstić information content (AvgIpc) is 3.38. The largest absolute Gasteiger partial charge is 0.462 e. The van der Waals surface area contributed by atoms with Gasteiger partial charge in [0.25, 0.3) is 0 Å². The average molecular weight is 379 g/mol. The first-order valence-electron chi connectivity index (χ1n) is 8.60. The number of halogens is 2. The SMILES string of the molecule is Fc1cc(F)c2c(c1)nc(C(Cc1ccccc1)C1=COCO1)n1n[c]nc21. The van der Waals surface area contributed by atoms with Gasteiger partial charge >= 0.3 is 0 Å². The molecule has 0 fully saturated rings. The summed E-state index contributed by atoms with van der Waals surface area (Å²) in [5, 5.41) is 4.19. The van der Waals surface area contributed by atoms with Crippen molar-refractivity contribution < 1.29 is 18.3 Å². The zero-order chi connectivity index (χ0) is 19.1. The van der Waals surface area contributed by atoms with Crippen LogP contribution in [0.2, 0.25) is 0 Å². The summed E-state index contributed by atoms with van der Waals surface area (Å²) >= 11 is 0. The molecule has 1 aliphatic rings. The van der Waals surface area contributed by atoms with E-state index in [-0.39, 0.29) is 23.3 Å². The van der Waals surface area contributed by atoms with E-state index in [1.807, 2.05) is 30.3 Å². The minimum atomic E-state index is -0.750. The molecule has 0 aliphatic carbocycles. The van der Waals surface area contributed by atoms with Crippen LogP contribution in [-0.2, 0) is 15.9 Å². The van der Waals surface area contributed by atoms with Gasteiger partial charge in [-0.15, -0.1) is 5.10 Å². The van der Waals surface area contributed by atoms with Gasteiger partial charge in [0.2, 0.25) is 13.1 Å². The van der Waals surface area contributed by atoms with Crippen molar-refractivity contribution in [1.82, 2.24) is 19.6 Å². The highest BCUT2D eigenvalue weighted by atomic mass is 19.1. The quantitative estimate of drug-likeness (QED) is 0.543. The summed E-state index contributed by atoms with van der Waals surface area (Å²) in [6.45, 7) is 0.101. The fourth-order valence-corrected chi connectivity index (χ4v) is 3.40. The van der Waals surface area contributed by atoms with Gasteiger partial charge in [0.15, 0.2) is 5.65 Å². The van der Waals surface area contributed by atoms with Crippen LogP contribution in [0.1, 0.15) is 17.3 Å². The molecule has 3 heterocycles. The van der Waals surface area contributed by atoms with Crippen LogP contribution in [0.25, 0.3) is 16.6 Å². The van der Waals surface area contributed by atoms with Crippen LogP contribution in [0.5, 0.6) is 0 Å². The molecule has 8 heteroatoms. The zero-order valence-electron chi connectivity index (χ0n) is 14.5. The molecule has 0 saturated heterocycles. The van der Waals surface area contributed by atoms with E-state index in [0.29, 0.717) is 18.0 Å². The number of aromatic nitrogens is 4. The van der Waals surface area contributed by atoms with Gasteiger partial charge < -0.3 is 9.47 Å². The molecule has 0 saturated carbocycles. The van der Waals surface area contributed by atoms with Crippen molar-refractivity contribution in [3.05, 3.63) is 83.8 Å². The van der Waals surface area contributed by atoms with Crippen molar-refractivity contribution in [2.45, 2.75) is 12.3 Å². The maximum atomic E-state index is 14.4. The van der Waals surface area contributed by atoms with E-state index in [9.17, 15) is 8.78 Å².